The zero-order chi connectivity index (χ0) is 13.1. The molecule has 4 nitrogen and oxygen atoms in total. The molecule has 94 valence electrons. The molecule has 1 atom stereocenters. The predicted molar refractivity (Wildman–Crippen MR) is 66.1 cm³/mol. The van der Waals surface area contributed by atoms with Crippen LogP contribution >= 0.6 is 0 Å². The summed E-state index contributed by atoms with van der Waals surface area (Å²) >= 11 is 0. The first-order chi connectivity index (χ1) is 8.65. The molecule has 0 fully saturated rings. The Morgan fingerprint density at radius 2 is 2.17 bits per heavy atom. The average molecular weight is 245 g/mol. The third-order valence-electron chi connectivity index (χ3n) is 3.25. The van der Waals surface area contributed by atoms with Crippen molar-refractivity contribution in [3.05, 3.63) is 35.4 Å². The highest BCUT2D eigenvalue weighted by Crippen LogP contribution is 2.25. The molecule has 1 amide bonds. The largest absolute Gasteiger partial charge is 0.324 e. The number of fused-ring (bicyclic) bond motifs is 1. The van der Waals surface area contributed by atoms with Crippen molar-refractivity contribution < 1.29 is 14.4 Å². The summed E-state index contributed by atoms with van der Waals surface area (Å²) in [6, 6.07) is 6.87. The van der Waals surface area contributed by atoms with E-state index in [0.29, 0.717) is 24.9 Å². The Labute approximate surface area is 106 Å². The van der Waals surface area contributed by atoms with Crippen LogP contribution in [0.2, 0.25) is 0 Å². The monoisotopic (exact) mass is 245 g/mol. The number of nitrogens with zero attached hydrogens (tertiary/aromatic N) is 1. The van der Waals surface area contributed by atoms with Gasteiger partial charge in [-0.3, -0.25) is 9.59 Å². The van der Waals surface area contributed by atoms with E-state index in [2.05, 4.69) is 0 Å². The van der Waals surface area contributed by atoms with Gasteiger partial charge in [-0.15, -0.1) is 0 Å². The molecular formula is C14H15NO3. The summed E-state index contributed by atoms with van der Waals surface area (Å²) in [5.74, 6) is -0.185. The normalized spacial score (nSPS) is 15.4. The molecule has 0 aromatic heterocycles. The van der Waals surface area contributed by atoms with Crippen LogP contribution < -0.4 is 0 Å². The second-order valence-corrected chi connectivity index (χ2v) is 4.46. The van der Waals surface area contributed by atoms with Gasteiger partial charge >= 0.3 is 0 Å². The second-order valence-electron chi connectivity index (χ2n) is 4.46. The Morgan fingerprint density at radius 3 is 2.78 bits per heavy atom. The zero-order valence-corrected chi connectivity index (χ0v) is 10.3. The van der Waals surface area contributed by atoms with E-state index in [0.717, 1.165) is 11.8 Å². The summed E-state index contributed by atoms with van der Waals surface area (Å²) in [7, 11) is 0. The van der Waals surface area contributed by atoms with Gasteiger partial charge in [0.2, 0.25) is 0 Å². The SMILES string of the molecule is CC(=O)[C@H](CCC=O)N1Cc2ccccc2C1=O. The average Bonchev–Trinajstić information content (AvgIpc) is 2.68. The van der Waals surface area contributed by atoms with Crippen molar-refractivity contribution in [2.24, 2.45) is 0 Å². The van der Waals surface area contributed by atoms with Gasteiger partial charge in [0, 0.05) is 18.5 Å². The van der Waals surface area contributed by atoms with Gasteiger partial charge in [-0.1, -0.05) is 18.2 Å². The molecule has 0 radical (unpaired) electrons. The molecule has 1 aliphatic rings. The molecule has 4 heteroatoms. The highest BCUT2D eigenvalue weighted by atomic mass is 16.2. The van der Waals surface area contributed by atoms with Gasteiger partial charge < -0.3 is 9.69 Å². The number of amides is 1. The predicted octanol–water partition coefficient (Wildman–Crippen LogP) is 1.58. The van der Waals surface area contributed by atoms with Crippen molar-refractivity contribution in [2.75, 3.05) is 0 Å². The minimum absolute atomic E-state index is 0.0713. The Kier molecular flexibility index (Phi) is 3.55. The zero-order valence-electron chi connectivity index (χ0n) is 10.3. The molecule has 0 aliphatic carbocycles. The summed E-state index contributed by atoms with van der Waals surface area (Å²) in [5, 5.41) is 0. The summed E-state index contributed by atoms with van der Waals surface area (Å²) in [6.07, 6.45) is 1.48. The molecule has 0 N–H and O–H groups in total. The van der Waals surface area contributed by atoms with Crippen LogP contribution in [0, 0.1) is 0 Å². The summed E-state index contributed by atoms with van der Waals surface area (Å²) in [6.45, 7) is 1.92. The van der Waals surface area contributed by atoms with Crippen molar-refractivity contribution >= 4 is 18.0 Å². The van der Waals surface area contributed by atoms with Crippen molar-refractivity contribution in [1.82, 2.24) is 4.90 Å². The fraction of sp³-hybridized carbons (Fsp3) is 0.357. The lowest BCUT2D eigenvalue weighted by Gasteiger charge is -2.24. The first-order valence-electron chi connectivity index (χ1n) is 5.98. The number of ketones is 1. The number of benzene rings is 1. The number of rotatable bonds is 5. The molecule has 0 saturated heterocycles. The number of carbonyl (C=O) groups is 3. The lowest BCUT2D eigenvalue weighted by Crippen LogP contribution is -2.40. The second kappa shape index (κ2) is 5.12. The number of hydrogen-bond donors (Lipinski definition) is 0. The van der Waals surface area contributed by atoms with Crippen LogP contribution in [-0.4, -0.2) is 28.9 Å². The van der Waals surface area contributed by atoms with Crippen LogP contribution in [0.25, 0.3) is 0 Å². The quantitative estimate of drug-likeness (QED) is 0.740. The minimum Gasteiger partial charge on any atom is -0.324 e. The van der Waals surface area contributed by atoms with E-state index in [1.54, 1.807) is 11.0 Å². The first-order valence-corrected chi connectivity index (χ1v) is 5.98. The molecule has 1 aromatic carbocycles. The maximum absolute atomic E-state index is 12.2. The molecule has 0 saturated carbocycles. The van der Waals surface area contributed by atoms with Crippen LogP contribution in [-0.2, 0) is 16.1 Å². The van der Waals surface area contributed by atoms with Crippen molar-refractivity contribution in [1.29, 1.82) is 0 Å². The van der Waals surface area contributed by atoms with Gasteiger partial charge in [-0.25, -0.2) is 0 Å². The van der Waals surface area contributed by atoms with Crippen molar-refractivity contribution in [3.63, 3.8) is 0 Å². The lowest BCUT2D eigenvalue weighted by molar-refractivity contribution is -0.121. The number of Topliss-reactive ketones (excluding diaryl/α,β-unsaturated/α-hetero) is 1. The smallest absolute Gasteiger partial charge is 0.255 e. The molecule has 2 rings (SSSR count). The Bertz CT molecular complexity index is 496. The van der Waals surface area contributed by atoms with Crippen molar-refractivity contribution in [2.45, 2.75) is 32.4 Å². The highest BCUT2D eigenvalue weighted by Gasteiger charge is 2.34. The maximum atomic E-state index is 12.2. The van der Waals surface area contributed by atoms with Crippen LogP contribution in [0.4, 0.5) is 0 Å². The van der Waals surface area contributed by atoms with E-state index in [4.69, 9.17) is 0 Å². The molecule has 0 bridgehead atoms. The molecule has 1 aliphatic heterocycles. The van der Waals surface area contributed by atoms with Crippen LogP contribution in [0.3, 0.4) is 0 Å². The molecule has 1 heterocycles. The van der Waals surface area contributed by atoms with Gasteiger partial charge in [0.05, 0.1) is 6.04 Å². The summed E-state index contributed by atoms with van der Waals surface area (Å²) < 4.78 is 0. The highest BCUT2D eigenvalue weighted by molar-refractivity contribution is 6.01. The summed E-state index contributed by atoms with van der Waals surface area (Å²) in [4.78, 5) is 35.8. The Hall–Kier alpha value is -1.97. The van der Waals surface area contributed by atoms with E-state index in [1.807, 2.05) is 18.2 Å². The minimum atomic E-state index is -0.491. The fourth-order valence-electron chi connectivity index (χ4n) is 2.33. The molecule has 0 unspecified atom stereocenters. The summed E-state index contributed by atoms with van der Waals surface area (Å²) in [5.41, 5.74) is 1.61. The molecule has 18 heavy (non-hydrogen) atoms. The van der Waals surface area contributed by atoms with Gasteiger partial charge in [-0.2, -0.15) is 0 Å². The lowest BCUT2D eigenvalue weighted by atomic mass is 10.1. The van der Waals surface area contributed by atoms with E-state index >= 15 is 0 Å². The topological polar surface area (TPSA) is 54.5 Å². The fourth-order valence-corrected chi connectivity index (χ4v) is 2.33. The van der Waals surface area contributed by atoms with E-state index in [1.165, 1.54) is 6.92 Å². The van der Waals surface area contributed by atoms with Crippen LogP contribution in [0.1, 0.15) is 35.7 Å². The Balaban J connectivity index is 2.22. The Morgan fingerprint density at radius 1 is 1.44 bits per heavy atom. The standard InChI is InChI=1S/C14H15NO3/c1-10(17)13(7-4-8-16)15-9-11-5-2-3-6-12(11)14(15)18/h2-3,5-6,8,13H,4,7,9H2,1H3/t13-/m0/s1. The van der Waals surface area contributed by atoms with Crippen LogP contribution in [0.15, 0.2) is 24.3 Å². The van der Waals surface area contributed by atoms with E-state index in [9.17, 15) is 14.4 Å². The van der Waals surface area contributed by atoms with Gasteiger partial charge in [0.25, 0.3) is 5.91 Å². The van der Waals surface area contributed by atoms with Crippen LogP contribution in [0.5, 0.6) is 0 Å². The van der Waals surface area contributed by atoms with Gasteiger partial charge in [0.15, 0.2) is 5.78 Å². The van der Waals surface area contributed by atoms with E-state index in [-0.39, 0.29) is 11.7 Å². The molecule has 1 aromatic rings. The van der Waals surface area contributed by atoms with Gasteiger partial charge in [0.1, 0.15) is 6.29 Å². The van der Waals surface area contributed by atoms with E-state index < -0.39 is 6.04 Å². The van der Waals surface area contributed by atoms with Crippen molar-refractivity contribution in [3.8, 4) is 0 Å². The van der Waals surface area contributed by atoms with Gasteiger partial charge in [-0.05, 0) is 25.0 Å². The molecular weight excluding hydrogens is 230 g/mol. The number of carbonyl (C=O) groups excluding carboxylic acids is 3. The maximum Gasteiger partial charge on any atom is 0.255 e. The third-order valence-corrected chi connectivity index (χ3v) is 3.25. The number of hydrogen-bond acceptors (Lipinski definition) is 3. The third kappa shape index (κ3) is 2.18. The molecule has 0 spiro atoms. The first kappa shape index (κ1) is 12.5. The number of aldehydes is 1.